The first-order chi connectivity index (χ1) is 9.56. The Bertz CT molecular complexity index is 767. The number of hydrogen-bond acceptors (Lipinski definition) is 6. The molecule has 2 heterocycles. The number of fused-ring (bicyclic) bond motifs is 1. The van der Waals surface area contributed by atoms with Gasteiger partial charge in [0, 0.05) is 0 Å². The fraction of sp³-hybridized carbons (Fsp3) is 0.231. The number of amides is 1. The highest BCUT2D eigenvalue weighted by atomic mass is 32.1. The number of aromatic nitrogens is 3. The van der Waals surface area contributed by atoms with Crippen molar-refractivity contribution in [3.05, 3.63) is 33.8 Å². The number of aryl methyl sites for hydroxylation is 3. The van der Waals surface area contributed by atoms with Crippen molar-refractivity contribution >= 4 is 44.1 Å². The van der Waals surface area contributed by atoms with Gasteiger partial charge in [0.25, 0.3) is 5.91 Å². The zero-order valence-corrected chi connectivity index (χ0v) is 12.9. The summed E-state index contributed by atoms with van der Waals surface area (Å²) in [5.74, 6) is -0.202. The summed E-state index contributed by atoms with van der Waals surface area (Å²) in [6.45, 7) is 5.83. The molecule has 0 fully saturated rings. The van der Waals surface area contributed by atoms with Crippen molar-refractivity contribution in [3.8, 4) is 0 Å². The van der Waals surface area contributed by atoms with Crippen molar-refractivity contribution in [1.29, 1.82) is 0 Å². The first-order valence-electron chi connectivity index (χ1n) is 6.03. The van der Waals surface area contributed by atoms with Crippen LogP contribution in [-0.2, 0) is 0 Å². The highest BCUT2D eigenvalue weighted by Crippen LogP contribution is 2.31. The van der Waals surface area contributed by atoms with Gasteiger partial charge in [-0.05, 0) is 43.4 Å². The van der Waals surface area contributed by atoms with E-state index in [0.717, 1.165) is 27.3 Å². The number of anilines is 1. The zero-order chi connectivity index (χ0) is 14.3. The van der Waals surface area contributed by atoms with E-state index in [1.54, 1.807) is 6.92 Å². The third-order valence-corrected chi connectivity index (χ3v) is 4.95. The van der Waals surface area contributed by atoms with Crippen LogP contribution in [0.3, 0.4) is 0 Å². The summed E-state index contributed by atoms with van der Waals surface area (Å²) in [6, 6.07) is 4.11. The predicted molar refractivity (Wildman–Crippen MR) is 81.7 cm³/mol. The molecule has 0 aliphatic carbocycles. The molecule has 1 aromatic carbocycles. The van der Waals surface area contributed by atoms with Crippen LogP contribution in [0.4, 0.5) is 5.13 Å². The van der Waals surface area contributed by atoms with Gasteiger partial charge < -0.3 is 0 Å². The maximum absolute atomic E-state index is 12.1. The first-order valence-corrected chi connectivity index (χ1v) is 7.62. The van der Waals surface area contributed by atoms with E-state index in [4.69, 9.17) is 0 Å². The van der Waals surface area contributed by atoms with Crippen LogP contribution < -0.4 is 5.32 Å². The van der Waals surface area contributed by atoms with Gasteiger partial charge >= 0.3 is 0 Å². The molecule has 2 aromatic heterocycles. The van der Waals surface area contributed by atoms with Crippen molar-refractivity contribution in [2.75, 3.05) is 5.32 Å². The SMILES string of the molecule is Cc1nnsc1C(=O)Nc1nc2c(C)ccc(C)c2s1. The van der Waals surface area contributed by atoms with Crippen molar-refractivity contribution in [1.82, 2.24) is 14.6 Å². The van der Waals surface area contributed by atoms with Crippen molar-refractivity contribution in [2.45, 2.75) is 20.8 Å². The number of thiazole rings is 1. The molecule has 0 aliphatic rings. The van der Waals surface area contributed by atoms with Gasteiger partial charge in [-0.3, -0.25) is 10.1 Å². The molecule has 0 saturated heterocycles. The standard InChI is InChI=1S/C13H12N4OS2/c1-6-4-5-7(2)10-9(6)14-13(19-10)15-12(18)11-8(3)16-17-20-11/h4-5H,1-3H3,(H,14,15,18). The van der Waals surface area contributed by atoms with Crippen LogP contribution in [0.15, 0.2) is 12.1 Å². The van der Waals surface area contributed by atoms with Crippen LogP contribution in [0.25, 0.3) is 10.2 Å². The molecular formula is C13H12N4OS2. The third-order valence-electron chi connectivity index (χ3n) is 3.02. The Morgan fingerprint density at radius 3 is 2.60 bits per heavy atom. The summed E-state index contributed by atoms with van der Waals surface area (Å²) in [7, 11) is 0. The molecule has 7 heteroatoms. The minimum Gasteiger partial charge on any atom is -0.297 e. The molecule has 0 bridgehead atoms. The molecule has 0 atom stereocenters. The fourth-order valence-corrected chi connectivity index (χ4v) is 3.46. The predicted octanol–water partition coefficient (Wildman–Crippen LogP) is 3.33. The lowest BCUT2D eigenvalue weighted by Gasteiger charge is -1.97. The van der Waals surface area contributed by atoms with Gasteiger partial charge in [0.2, 0.25) is 0 Å². The molecule has 102 valence electrons. The van der Waals surface area contributed by atoms with E-state index in [1.807, 2.05) is 19.9 Å². The van der Waals surface area contributed by atoms with Gasteiger partial charge in [0.05, 0.1) is 15.9 Å². The smallest absolute Gasteiger partial charge is 0.271 e. The van der Waals surface area contributed by atoms with E-state index in [0.29, 0.717) is 15.7 Å². The zero-order valence-electron chi connectivity index (χ0n) is 11.2. The van der Waals surface area contributed by atoms with Gasteiger partial charge in [-0.25, -0.2) is 4.98 Å². The average molecular weight is 304 g/mol. The Morgan fingerprint density at radius 1 is 1.20 bits per heavy atom. The summed E-state index contributed by atoms with van der Waals surface area (Å²) in [5.41, 5.74) is 3.86. The monoisotopic (exact) mass is 304 g/mol. The molecule has 0 unspecified atom stereocenters. The van der Waals surface area contributed by atoms with Crippen molar-refractivity contribution < 1.29 is 4.79 Å². The average Bonchev–Trinajstić information content (AvgIpc) is 3.01. The summed E-state index contributed by atoms with van der Waals surface area (Å²) in [4.78, 5) is 17.2. The highest BCUT2D eigenvalue weighted by molar-refractivity contribution is 7.22. The number of rotatable bonds is 2. The Hall–Kier alpha value is -1.86. The second-order valence-electron chi connectivity index (χ2n) is 4.54. The fourth-order valence-electron chi connectivity index (χ4n) is 1.91. The number of benzene rings is 1. The minimum atomic E-state index is -0.202. The molecular weight excluding hydrogens is 292 g/mol. The van der Waals surface area contributed by atoms with Gasteiger partial charge in [-0.15, -0.1) is 5.10 Å². The van der Waals surface area contributed by atoms with Crippen LogP contribution >= 0.6 is 22.9 Å². The van der Waals surface area contributed by atoms with E-state index in [2.05, 4.69) is 26.0 Å². The second kappa shape index (κ2) is 4.92. The van der Waals surface area contributed by atoms with Crippen LogP contribution in [0.1, 0.15) is 26.5 Å². The Kier molecular flexibility index (Phi) is 3.23. The molecule has 1 N–H and O–H groups in total. The lowest BCUT2D eigenvalue weighted by Crippen LogP contribution is -2.11. The van der Waals surface area contributed by atoms with Crippen LogP contribution in [-0.4, -0.2) is 20.5 Å². The molecule has 0 radical (unpaired) electrons. The Balaban J connectivity index is 1.96. The van der Waals surface area contributed by atoms with E-state index >= 15 is 0 Å². The maximum Gasteiger partial charge on any atom is 0.271 e. The van der Waals surface area contributed by atoms with Crippen LogP contribution in [0, 0.1) is 20.8 Å². The molecule has 0 spiro atoms. The molecule has 1 amide bonds. The quantitative estimate of drug-likeness (QED) is 0.788. The Morgan fingerprint density at radius 2 is 1.95 bits per heavy atom. The maximum atomic E-state index is 12.1. The Labute approximate surface area is 123 Å². The van der Waals surface area contributed by atoms with Gasteiger partial charge in [-0.2, -0.15) is 0 Å². The van der Waals surface area contributed by atoms with E-state index in [-0.39, 0.29) is 5.91 Å². The largest absolute Gasteiger partial charge is 0.297 e. The summed E-state index contributed by atoms with van der Waals surface area (Å²) in [6.07, 6.45) is 0. The third kappa shape index (κ3) is 2.19. The topological polar surface area (TPSA) is 67.8 Å². The number of carbonyl (C=O) groups excluding carboxylic acids is 1. The molecule has 0 saturated carbocycles. The van der Waals surface area contributed by atoms with E-state index in [9.17, 15) is 4.79 Å². The normalized spacial score (nSPS) is 10.9. The summed E-state index contributed by atoms with van der Waals surface area (Å²) < 4.78 is 4.88. The molecule has 5 nitrogen and oxygen atoms in total. The van der Waals surface area contributed by atoms with Crippen molar-refractivity contribution in [3.63, 3.8) is 0 Å². The second-order valence-corrected chi connectivity index (χ2v) is 6.29. The van der Waals surface area contributed by atoms with Crippen LogP contribution in [0.5, 0.6) is 0 Å². The van der Waals surface area contributed by atoms with Gasteiger partial charge in [0.1, 0.15) is 4.88 Å². The summed E-state index contributed by atoms with van der Waals surface area (Å²) >= 11 is 2.58. The number of nitrogens with one attached hydrogen (secondary N) is 1. The lowest BCUT2D eigenvalue weighted by molar-refractivity contribution is 0.103. The molecule has 0 aliphatic heterocycles. The lowest BCUT2D eigenvalue weighted by atomic mass is 10.1. The molecule has 3 aromatic rings. The number of nitrogens with zero attached hydrogens (tertiary/aromatic N) is 3. The summed E-state index contributed by atoms with van der Waals surface area (Å²) in [5, 5.41) is 7.28. The highest BCUT2D eigenvalue weighted by Gasteiger charge is 2.16. The number of carbonyl (C=O) groups is 1. The van der Waals surface area contributed by atoms with Crippen molar-refractivity contribution in [2.24, 2.45) is 0 Å². The number of hydrogen-bond donors (Lipinski definition) is 1. The molecule has 20 heavy (non-hydrogen) atoms. The van der Waals surface area contributed by atoms with Gasteiger partial charge in [-0.1, -0.05) is 28.0 Å². The van der Waals surface area contributed by atoms with E-state index in [1.165, 1.54) is 16.9 Å². The van der Waals surface area contributed by atoms with Gasteiger partial charge in [0.15, 0.2) is 5.13 Å². The molecule has 3 rings (SSSR count). The minimum absolute atomic E-state index is 0.202. The first kappa shape index (κ1) is 13.1. The van der Waals surface area contributed by atoms with E-state index < -0.39 is 0 Å². The van der Waals surface area contributed by atoms with Crippen LogP contribution in [0.2, 0.25) is 0 Å².